The van der Waals surface area contributed by atoms with Gasteiger partial charge in [0.25, 0.3) is 0 Å². The zero-order valence-corrected chi connectivity index (χ0v) is 14.2. The second kappa shape index (κ2) is 7.75. The number of aromatic nitrogens is 1. The first-order valence-corrected chi connectivity index (χ1v) is 8.66. The first-order chi connectivity index (χ1) is 11.7. The van der Waals surface area contributed by atoms with Crippen molar-refractivity contribution in [2.24, 2.45) is 5.92 Å². The number of carbonyl (C=O) groups is 2. The van der Waals surface area contributed by atoms with Gasteiger partial charge >= 0.3 is 0 Å². The van der Waals surface area contributed by atoms with Gasteiger partial charge < -0.3 is 14.5 Å². The molecule has 1 unspecified atom stereocenters. The number of pyridine rings is 1. The SMILES string of the molecule is COCC(=O)N1CC(C(=O)N2CCCCC2)[C@H](c2cccnc2)C1. The van der Waals surface area contributed by atoms with Crippen molar-refractivity contribution < 1.29 is 14.3 Å². The molecule has 2 saturated heterocycles. The quantitative estimate of drug-likeness (QED) is 0.834. The van der Waals surface area contributed by atoms with E-state index in [0.29, 0.717) is 13.1 Å². The van der Waals surface area contributed by atoms with Gasteiger partial charge in [-0.15, -0.1) is 0 Å². The highest BCUT2D eigenvalue weighted by molar-refractivity contribution is 5.84. The van der Waals surface area contributed by atoms with Crippen molar-refractivity contribution in [2.75, 3.05) is 39.9 Å². The molecule has 1 aromatic heterocycles. The van der Waals surface area contributed by atoms with Crippen molar-refractivity contribution in [3.63, 3.8) is 0 Å². The molecule has 2 atom stereocenters. The smallest absolute Gasteiger partial charge is 0.248 e. The number of hydrogen-bond donors (Lipinski definition) is 0. The summed E-state index contributed by atoms with van der Waals surface area (Å²) >= 11 is 0. The molecule has 1 aromatic rings. The van der Waals surface area contributed by atoms with E-state index in [-0.39, 0.29) is 30.3 Å². The number of carbonyl (C=O) groups excluding carboxylic acids is 2. The fraction of sp³-hybridized carbons (Fsp3) is 0.611. The van der Waals surface area contributed by atoms with Crippen LogP contribution in [0.1, 0.15) is 30.7 Å². The van der Waals surface area contributed by atoms with E-state index in [1.807, 2.05) is 23.2 Å². The minimum absolute atomic E-state index is 0.00827. The highest BCUT2D eigenvalue weighted by Crippen LogP contribution is 2.34. The molecule has 0 N–H and O–H groups in total. The van der Waals surface area contributed by atoms with Crippen LogP contribution in [0.2, 0.25) is 0 Å². The van der Waals surface area contributed by atoms with Gasteiger partial charge in [-0.3, -0.25) is 14.6 Å². The maximum Gasteiger partial charge on any atom is 0.248 e. The van der Waals surface area contributed by atoms with Gasteiger partial charge in [0, 0.05) is 51.6 Å². The summed E-state index contributed by atoms with van der Waals surface area (Å²) in [5.74, 6) is -0.0568. The Morgan fingerprint density at radius 3 is 2.67 bits per heavy atom. The van der Waals surface area contributed by atoms with Crippen LogP contribution in [-0.2, 0) is 14.3 Å². The monoisotopic (exact) mass is 331 g/mol. The molecule has 0 radical (unpaired) electrons. The van der Waals surface area contributed by atoms with Gasteiger partial charge in [-0.2, -0.15) is 0 Å². The van der Waals surface area contributed by atoms with Crippen LogP contribution in [-0.4, -0.2) is 66.5 Å². The van der Waals surface area contributed by atoms with Gasteiger partial charge in [0.05, 0.1) is 5.92 Å². The summed E-state index contributed by atoms with van der Waals surface area (Å²) < 4.78 is 4.97. The lowest BCUT2D eigenvalue weighted by atomic mass is 9.88. The highest BCUT2D eigenvalue weighted by atomic mass is 16.5. The van der Waals surface area contributed by atoms with E-state index in [4.69, 9.17) is 4.74 Å². The predicted octanol–water partition coefficient (Wildman–Crippen LogP) is 1.28. The third-order valence-corrected chi connectivity index (χ3v) is 5.04. The molecule has 0 aliphatic carbocycles. The molecular weight excluding hydrogens is 306 g/mol. The van der Waals surface area contributed by atoms with E-state index in [2.05, 4.69) is 4.98 Å². The Balaban J connectivity index is 1.79. The average molecular weight is 331 g/mol. The Hall–Kier alpha value is -1.95. The van der Waals surface area contributed by atoms with Gasteiger partial charge in [0.1, 0.15) is 6.61 Å². The lowest BCUT2D eigenvalue weighted by Crippen LogP contribution is -2.42. The minimum atomic E-state index is -0.187. The Kier molecular flexibility index (Phi) is 5.45. The van der Waals surface area contributed by atoms with Crippen LogP contribution in [0.3, 0.4) is 0 Å². The number of methoxy groups -OCH3 is 1. The topological polar surface area (TPSA) is 62.7 Å². The third kappa shape index (κ3) is 3.59. The van der Waals surface area contributed by atoms with Crippen molar-refractivity contribution in [1.82, 2.24) is 14.8 Å². The summed E-state index contributed by atoms with van der Waals surface area (Å²) in [6.07, 6.45) is 6.88. The summed E-state index contributed by atoms with van der Waals surface area (Å²) in [5, 5.41) is 0. The molecule has 6 heteroatoms. The first-order valence-electron chi connectivity index (χ1n) is 8.66. The van der Waals surface area contributed by atoms with Gasteiger partial charge in [0.2, 0.25) is 11.8 Å². The van der Waals surface area contributed by atoms with Gasteiger partial charge in [-0.1, -0.05) is 6.07 Å². The molecule has 24 heavy (non-hydrogen) atoms. The van der Waals surface area contributed by atoms with Crippen molar-refractivity contribution >= 4 is 11.8 Å². The lowest BCUT2D eigenvalue weighted by molar-refractivity contribution is -0.137. The molecule has 2 aliphatic heterocycles. The number of amides is 2. The molecule has 0 saturated carbocycles. The van der Waals surface area contributed by atoms with Crippen molar-refractivity contribution in [2.45, 2.75) is 25.2 Å². The second-order valence-corrected chi connectivity index (χ2v) is 6.62. The Morgan fingerprint density at radius 1 is 1.21 bits per heavy atom. The molecule has 3 rings (SSSR count). The summed E-state index contributed by atoms with van der Waals surface area (Å²) in [7, 11) is 1.52. The van der Waals surface area contributed by atoms with E-state index in [1.54, 1.807) is 11.1 Å². The molecule has 2 aliphatic rings. The molecule has 2 fully saturated rings. The van der Waals surface area contributed by atoms with E-state index in [0.717, 1.165) is 31.5 Å². The summed E-state index contributed by atoms with van der Waals surface area (Å²) in [4.78, 5) is 33.2. The van der Waals surface area contributed by atoms with Crippen LogP contribution in [0.4, 0.5) is 0 Å². The van der Waals surface area contributed by atoms with Crippen molar-refractivity contribution in [1.29, 1.82) is 0 Å². The maximum atomic E-state index is 13.0. The number of ether oxygens (including phenoxy) is 1. The largest absolute Gasteiger partial charge is 0.375 e. The molecule has 0 aromatic carbocycles. The maximum absolute atomic E-state index is 13.0. The number of hydrogen-bond acceptors (Lipinski definition) is 4. The van der Waals surface area contributed by atoms with Crippen LogP contribution in [0.25, 0.3) is 0 Å². The van der Waals surface area contributed by atoms with Crippen molar-refractivity contribution in [3.8, 4) is 0 Å². The highest BCUT2D eigenvalue weighted by Gasteiger charge is 2.42. The van der Waals surface area contributed by atoms with Crippen LogP contribution in [0, 0.1) is 5.92 Å². The van der Waals surface area contributed by atoms with E-state index in [1.165, 1.54) is 13.5 Å². The molecule has 0 spiro atoms. The Morgan fingerprint density at radius 2 is 2.00 bits per heavy atom. The van der Waals surface area contributed by atoms with Crippen LogP contribution < -0.4 is 0 Å². The first kappa shape index (κ1) is 16.9. The molecule has 130 valence electrons. The standard InChI is InChI=1S/C18H25N3O3/c1-24-13-17(22)21-11-15(14-6-5-7-19-10-14)16(12-21)18(23)20-8-3-2-4-9-20/h5-7,10,15-16H,2-4,8-9,11-13H2,1H3/t15-,16?/m0/s1. The van der Waals surface area contributed by atoms with Crippen LogP contribution >= 0.6 is 0 Å². The van der Waals surface area contributed by atoms with Crippen molar-refractivity contribution in [3.05, 3.63) is 30.1 Å². The third-order valence-electron chi connectivity index (χ3n) is 5.04. The summed E-state index contributed by atoms with van der Waals surface area (Å²) in [6.45, 7) is 2.75. The van der Waals surface area contributed by atoms with E-state index >= 15 is 0 Å². The summed E-state index contributed by atoms with van der Waals surface area (Å²) in [6, 6.07) is 3.88. The lowest BCUT2D eigenvalue weighted by Gasteiger charge is -2.30. The van der Waals surface area contributed by atoms with E-state index in [9.17, 15) is 9.59 Å². The minimum Gasteiger partial charge on any atom is -0.375 e. The Bertz CT molecular complexity index is 572. The number of likely N-dealkylation sites (tertiary alicyclic amines) is 2. The van der Waals surface area contributed by atoms with Crippen LogP contribution in [0.5, 0.6) is 0 Å². The van der Waals surface area contributed by atoms with Gasteiger partial charge in [-0.05, 0) is 30.9 Å². The number of rotatable bonds is 4. The normalized spacial score (nSPS) is 24.2. The average Bonchev–Trinajstić information content (AvgIpc) is 3.08. The van der Waals surface area contributed by atoms with Crippen LogP contribution in [0.15, 0.2) is 24.5 Å². The molecular formula is C18H25N3O3. The molecule has 0 bridgehead atoms. The van der Waals surface area contributed by atoms with Gasteiger partial charge in [-0.25, -0.2) is 0 Å². The summed E-state index contributed by atoms with van der Waals surface area (Å²) in [5.41, 5.74) is 1.03. The van der Waals surface area contributed by atoms with E-state index < -0.39 is 0 Å². The number of piperidine rings is 1. The zero-order chi connectivity index (χ0) is 16.9. The number of nitrogens with zero attached hydrogens (tertiary/aromatic N) is 3. The second-order valence-electron chi connectivity index (χ2n) is 6.62. The fourth-order valence-electron chi connectivity index (χ4n) is 3.75. The molecule has 3 heterocycles. The molecule has 2 amide bonds. The Labute approximate surface area is 142 Å². The molecule has 6 nitrogen and oxygen atoms in total. The van der Waals surface area contributed by atoms with Gasteiger partial charge in [0.15, 0.2) is 0 Å². The zero-order valence-electron chi connectivity index (χ0n) is 14.2. The fourth-order valence-corrected chi connectivity index (χ4v) is 3.75. The predicted molar refractivity (Wildman–Crippen MR) is 89.4 cm³/mol.